The molecule has 17 heavy (non-hydrogen) atoms. The first-order valence-corrected chi connectivity index (χ1v) is 5.82. The third-order valence-electron chi connectivity index (χ3n) is 2.66. The Hall–Kier alpha value is -1.55. The Morgan fingerprint density at radius 1 is 1.29 bits per heavy atom. The van der Waals surface area contributed by atoms with Crippen LogP contribution in [0, 0.1) is 5.92 Å². The number of benzene rings is 1. The maximum Gasteiger partial charge on any atom is 0.328 e. The molecule has 0 radical (unpaired) electrons. The van der Waals surface area contributed by atoms with Crippen molar-refractivity contribution in [3.05, 3.63) is 29.3 Å². The van der Waals surface area contributed by atoms with Gasteiger partial charge in [0, 0.05) is 18.0 Å². The second-order valence-electron chi connectivity index (χ2n) is 4.20. The summed E-state index contributed by atoms with van der Waals surface area (Å²) >= 11 is 5.77. The Balaban J connectivity index is 2.31. The minimum atomic E-state index is -0.373. The SMILES string of the molecule is CC1CNC(=O)N(c2ccc(Cl)cc2)C(=O)C1. The van der Waals surface area contributed by atoms with Gasteiger partial charge in [0.15, 0.2) is 0 Å². The number of carbonyl (C=O) groups is 2. The van der Waals surface area contributed by atoms with Gasteiger partial charge in [-0.2, -0.15) is 0 Å². The molecule has 5 heteroatoms. The Morgan fingerprint density at radius 3 is 2.59 bits per heavy atom. The Labute approximate surface area is 105 Å². The van der Waals surface area contributed by atoms with E-state index in [9.17, 15) is 9.59 Å². The number of carbonyl (C=O) groups excluding carboxylic acids is 2. The molecule has 0 saturated carbocycles. The van der Waals surface area contributed by atoms with Crippen molar-refractivity contribution in [2.45, 2.75) is 13.3 Å². The highest BCUT2D eigenvalue weighted by atomic mass is 35.5. The molecule has 4 nitrogen and oxygen atoms in total. The fourth-order valence-corrected chi connectivity index (χ4v) is 1.89. The molecular formula is C12H13ClN2O2. The predicted molar refractivity (Wildman–Crippen MR) is 66.1 cm³/mol. The molecule has 1 saturated heterocycles. The number of nitrogens with one attached hydrogen (secondary N) is 1. The first-order chi connectivity index (χ1) is 8.08. The molecule has 0 aromatic heterocycles. The fourth-order valence-electron chi connectivity index (χ4n) is 1.77. The molecule has 1 aromatic rings. The first kappa shape index (κ1) is 11.9. The summed E-state index contributed by atoms with van der Waals surface area (Å²) in [5.74, 6) is -0.0291. The highest BCUT2D eigenvalue weighted by molar-refractivity contribution is 6.30. The summed E-state index contributed by atoms with van der Waals surface area (Å²) in [6.07, 6.45) is 0.362. The second-order valence-corrected chi connectivity index (χ2v) is 4.64. The minimum absolute atomic E-state index is 0.156. The summed E-state index contributed by atoms with van der Waals surface area (Å²) in [4.78, 5) is 24.9. The summed E-state index contributed by atoms with van der Waals surface area (Å²) in [5.41, 5.74) is 0.547. The topological polar surface area (TPSA) is 49.4 Å². The van der Waals surface area contributed by atoms with Crippen molar-refractivity contribution in [1.29, 1.82) is 0 Å². The van der Waals surface area contributed by atoms with Gasteiger partial charge in [-0.25, -0.2) is 9.69 Å². The standard InChI is InChI=1S/C12H13ClN2O2/c1-8-6-11(16)15(12(17)14-7-8)10-4-2-9(13)3-5-10/h2-5,8H,6-7H2,1H3,(H,14,17). The number of nitrogens with zero attached hydrogens (tertiary/aromatic N) is 1. The minimum Gasteiger partial charge on any atom is -0.337 e. The summed E-state index contributed by atoms with van der Waals surface area (Å²) in [6, 6.07) is 6.27. The van der Waals surface area contributed by atoms with E-state index >= 15 is 0 Å². The van der Waals surface area contributed by atoms with Gasteiger partial charge in [0.2, 0.25) is 5.91 Å². The van der Waals surface area contributed by atoms with E-state index in [4.69, 9.17) is 11.6 Å². The number of imide groups is 1. The molecule has 1 atom stereocenters. The number of urea groups is 1. The molecule has 90 valence electrons. The lowest BCUT2D eigenvalue weighted by Crippen LogP contribution is -2.41. The van der Waals surface area contributed by atoms with Crippen LogP contribution in [-0.4, -0.2) is 18.5 Å². The highest BCUT2D eigenvalue weighted by Crippen LogP contribution is 2.21. The Morgan fingerprint density at radius 2 is 1.94 bits per heavy atom. The van der Waals surface area contributed by atoms with E-state index in [2.05, 4.69) is 5.32 Å². The lowest BCUT2D eigenvalue weighted by molar-refractivity contribution is -0.118. The predicted octanol–water partition coefficient (Wildman–Crippen LogP) is 2.42. The van der Waals surface area contributed by atoms with Crippen LogP contribution < -0.4 is 10.2 Å². The summed E-state index contributed by atoms with van der Waals surface area (Å²) in [7, 11) is 0. The molecule has 0 aliphatic carbocycles. The van der Waals surface area contributed by atoms with Crippen LogP contribution in [0.5, 0.6) is 0 Å². The van der Waals surface area contributed by atoms with Crippen molar-refractivity contribution in [1.82, 2.24) is 5.32 Å². The van der Waals surface area contributed by atoms with Gasteiger partial charge in [0.25, 0.3) is 0 Å². The average Bonchev–Trinajstić information content (AvgIpc) is 2.40. The van der Waals surface area contributed by atoms with Crippen molar-refractivity contribution >= 4 is 29.2 Å². The van der Waals surface area contributed by atoms with Crippen molar-refractivity contribution in [3.8, 4) is 0 Å². The van der Waals surface area contributed by atoms with E-state index in [1.165, 1.54) is 4.90 Å². The van der Waals surface area contributed by atoms with Gasteiger partial charge in [-0.3, -0.25) is 4.79 Å². The Kier molecular flexibility index (Phi) is 3.33. The number of hydrogen-bond donors (Lipinski definition) is 1. The molecule has 1 heterocycles. The van der Waals surface area contributed by atoms with Crippen LogP contribution in [0.1, 0.15) is 13.3 Å². The lowest BCUT2D eigenvalue weighted by Gasteiger charge is -2.18. The smallest absolute Gasteiger partial charge is 0.328 e. The Bertz CT molecular complexity index is 444. The molecule has 1 unspecified atom stereocenters. The van der Waals surface area contributed by atoms with Crippen LogP contribution in [0.2, 0.25) is 5.02 Å². The molecule has 3 amide bonds. The zero-order valence-electron chi connectivity index (χ0n) is 9.44. The van der Waals surface area contributed by atoms with Crippen molar-refractivity contribution in [3.63, 3.8) is 0 Å². The van der Waals surface area contributed by atoms with E-state index in [1.54, 1.807) is 24.3 Å². The van der Waals surface area contributed by atoms with E-state index in [0.717, 1.165) is 0 Å². The normalized spacial score (nSPS) is 21.1. The number of rotatable bonds is 1. The van der Waals surface area contributed by atoms with E-state index in [1.807, 2.05) is 6.92 Å². The first-order valence-electron chi connectivity index (χ1n) is 5.44. The zero-order chi connectivity index (χ0) is 12.4. The molecule has 1 aromatic carbocycles. The number of halogens is 1. The van der Waals surface area contributed by atoms with Gasteiger partial charge in [-0.1, -0.05) is 18.5 Å². The van der Waals surface area contributed by atoms with Crippen molar-refractivity contribution in [2.24, 2.45) is 5.92 Å². The molecule has 0 spiro atoms. The fraction of sp³-hybridized carbons (Fsp3) is 0.333. The van der Waals surface area contributed by atoms with Gasteiger partial charge in [0.1, 0.15) is 0 Å². The van der Waals surface area contributed by atoms with Crippen LogP contribution in [0.4, 0.5) is 10.5 Å². The molecule has 1 N–H and O–H groups in total. The molecular weight excluding hydrogens is 240 g/mol. The maximum absolute atomic E-state index is 12.0. The summed E-state index contributed by atoms with van der Waals surface area (Å²) < 4.78 is 0. The van der Waals surface area contributed by atoms with Crippen LogP contribution >= 0.6 is 11.6 Å². The van der Waals surface area contributed by atoms with E-state index in [0.29, 0.717) is 23.7 Å². The molecule has 0 bridgehead atoms. The zero-order valence-corrected chi connectivity index (χ0v) is 10.2. The van der Waals surface area contributed by atoms with E-state index < -0.39 is 0 Å². The van der Waals surface area contributed by atoms with Crippen molar-refractivity contribution in [2.75, 3.05) is 11.4 Å². The van der Waals surface area contributed by atoms with Crippen LogP contribution in [-0.2, 0) is 4.79 Å². The average molecular weight is 253 g/mol. The molecule has 2 rings (SSSR count). The maximum atomic E-state index is 12.0. The third-order valence-corrected chi connectivity index (χ3v) is 2.91. The van der Waals surface area contributed by atoms with Gasteiger partial charge in [-0.15, -0.1) is 0 Å². The quantitative estimate of drug-likeness (QED) is 0.835. The molecule has 1 aliphatic rings. The lowest BCUT2D eigenvalue weighted by atomic mass is 10.1. The van der Waals surface area contributed by atoms with Crippen LogP contribution in [0.25, 0.3) is 0 Å². The molecule has 1 fully saturated rings. The van der Waals surface area contributed by atoms with Gasteiger partial charge < -0.3 is 5.32 Å². The monoisotopic (exact) mass is 252 g/mol. The third kappa shape index (κ3) is 2.58. The summed E-state index contributed by atoms with van der Waals surface area (Å²) in [5, 5.41) is 3.29. The highest BCUT2D eigenvalue weighted by Gasteiger charge is 2.28. The number of hydrogen-bond acceptors (Lipinski definition) is 2. The van der Waals surface area contributed by atoms with E-state index in [-0.39, 0.29) is 17.9 Å². The second kappa shape index (κ2) is 4.75. The van der Waals surface area contributed by atoms with Gasteiger partial charge in [-0.05, 0) is 30.2 Å². The van der Waals surface area contributed by atoms with Crippen LogP contribution in [0.3, 0.4) is 0 Å². The number of anilines is 1. The molecule has 1 aliphatic heterocycles. The summed E-state index contributed by atoms with van der Waals surface area (Å²) in [6.45, 7) is 2.46. The van der Waals surface area contributed by atoms with Gasteiger partial charge >= 0.3 is 6.03 Å². The number of amides is 3. The van der Waals surface area contributed by atoms with Crippen molar-refractivity contribution < 1.29 is 9.59 Å². The largest absolute Gasteiger partial charge is 0.337 e. The van der Waals surface area contributed by atoms with Gasteiger partial charge in [0.05, 0.1) is 5.69 Å². The van der Waals surface area contributed by atoms with Crippen LogP contribution in [0.15, 0.2) is 24.3 Å².